The Balaban J connectivity index is 2.25. The van der Waals surface area contributed by atoms with Gasteiger partial charge < -0.3 is 14.9 Å². The molecule has 0 heterocycles. The van der Waals surface area contributed by atoms with Crippen molar-refractivity contribution in [1.29, 1.82) is 0 Å². The van der Waals surface area contributed by atoms with E-state index in [0.717, 1.165) is 5.56 Å². The Hall–Kier alpha value is -2.11. The zero-order valence-electron chi connectivity index (χ0n) is 13.1. The summed E-state index contributed by atoms with van der Waals surface area (Å²) in [6.07, 6.45) is -0.813. The van der Waals surface area contributed by atoms with E-state index in [2.05, 4.69) is 0 Å². The van der Waals surface area contributed by atoms with E-state index in [0.29, 0.717) is 17.5 Å². The van der Waals surface area contributed by atoms with Crippen molar-refractivity contribution >= 4 is 17.6 Å². The van der Waals surface area contributed by atoms with Crippen LogP contribution in [0.15, 0.2) is 36.4 Å². The van der Waals surface area contributed by atoms with Crippen LogP contribution >= 0.6 is 11.6 Å². The predicted octanol–water partition coefficient (Wildman–Crippen LogP) is 3.70. The summed E-state index contributed by atoms with van der Waals surface area (Å²) in [5.74, 6) is -0.631. The highest BCUT2D eigenvalue weighted by molar-refractivity contribution is 6.31. The number of rotatable bonds is 6. The van der Waals surface area contributed by atoms with Gasteiger partial charge in [0, 0.05) is 18.9 Å². The first-order valence-electron chi connectivity index (χ1n) is 7.40. The monoisotopic (exact) mass is 352 g/mol. The highest BCUT2D eigenvalue weighted by Crippen LogP contribution is 2.36. The average Bonchev–Trinajstić information content (AvgIpc) is 2.53. The van der Waals surface area contributed by atoms with Gasteiger partial charge in [0.15, 0.2) is 0 Å². The van der Waals surface area contributed by atoms with Gasteiger partial charge in [-0.1, -0.05) is 35.9 Å². The number of ether oxygens (including phenoxy) is 1. The molecule has 0 fully saturated rings. The Kier molecular flexibility index (Phi) is 6.17. The molecule has 0 bridgehead atoms. The minimum atomic E-state index is -1.13. The molecule has 0 spiro atoms. The number of carbonyl (C=O) groups excluding carboxylic acids is 1. The van der Waals surface area contributed by atoms with Crippen molar-refractivity contribution in [2.45, 2.75) is 26.1 Å². The van der Waals surface area contributed by atoms with Crippen LogP contribution < -0.4 is 0 Å². The molecule has 0 radical (unpaired) electrons. The van der Waals surface area contributed by atoms with Crippen LogP contribution in [-0.4, -0.2) is 22.9 Å². The summed E-state index contributed by atoms with van der Waals surface area (Å²) in [5.41, 5.74) is 2.03. The first kappa shape index (κ1) is 18.2. The second kappa shape index (κ2) is 8.13. The Morgan fingerprint density at radius 2 is 1.92 bits per heavy atom. The SMILES string of the molecule is CC(=O)OCc1cc(O)c(C(O)c2ccc(CCF)cc2)c(Cl)c1. The second-order valence-electron chi connectivity index (χ2n) is 5.37. The second-order valence-corrected chi connectivity index (χ2v) is 5.78. The summed E-state index contributed by atoms with van der Waals surface area (Å²) in [6, 6.07) is 9.69. The van der Waals surface area contributed by atoms with Crippen LogP contribution in [-0.2, 0) is 22.6 Å². The van der Waals surface area contributed by atoms with Crippen molar-refractivity contribution in [3.05, 3.63) is 63.7 Å². The van der Waals surface area contributed by atoms with Gasteiger partial charge in [-0.15, -0.1) is 0 Å². The molecule has 24 heavy (non-hydrogen) atoms. The Morgan fingerprint density at radius 3 is 2.46 bits per heavy atom. The maximum absolute atomic E-state index is 12.3. The number of aryl methyl sites for hydroxylation is 1. The zero-order valence-corrected chi connectivity index (χ0v) is 13.9. The molecule has 0 aromatic heterocycles. The van der Waals surface area contributed by atoms with Crippen molar-refractivity contribution in [2.75, 3.05) is 6.67 Å². The van der Waals surface area contributed by atoms with Gasteiger partial charge >= 0.3 is 5.97 Å². The maximum atomic E-state index is 12.3. The van der Waals surface area contributed by atoms with Gasteiger partial charge in [-0.05, 0) is 28.8 Å². The third kappa shape index (κ3) is 4.46. The number of phenols is 1. The molecular weight excluding hydrogens is 335 g/mol. The first-order valence-corrected chi connectivity index (χ1v) is 7.77. The van der Waals surface area contributed by atoms with E-state index < -0.39 is 18.7 Å². The summed E-state index contributed by atoms with van der Waals surface area (Å²) in [7, 11) is 0. The number of aromatic hydroxyl groups is 1. The summed E-state index contributed by atoms with van der Waals surface area (Å²) in [6.45, 7) is 0.821. The molecule has 0 aliphatic carbocycles. The summed E-state index contributed by atoms with van der Waals surface area (Å²) < 4.78 is 17.2. The number of hydrogen-bond acceptors (Lipinski definition) is 4. The molecule has 0 saturated carbocycles. The van der Waals surface area contributed by atoms with Gasteiger partial charge in [0.2, 0.25) is 0 Å². The van der Waals surface area contributed by atoms with Gasteiger partial charge in [0.1, 0.15) is 18.5 Å². The fraction of sp³-hybridized carbons (Fsp3) is 0.278. The first-order chi connectivity index (χ1) is 11.4. The summed E-state index contributed by atoms with van der Waals surface area (Å²) >= 11 is 6.17. The van der Waals surface area contributed by atoms with Crippen LogP contribution in [0.25, 0.3) is 0 Å². The number of aliphatic hydroxyl groups excluding tert-OH is 1. The molecule has 1 unspecified atom stereocenters. The predicted molar refractivity (Wildman–Crippen MR) is 88.8 cm³/mol. The molecule has 0 aliphatic heterocycles. The molecule has 128 valence electrons. The van der Waals surface area contributed by atoms with Crippen molar-refractivity contribution < 1.29 is 24.1 Å². The Bertz CT molecular complexity index is 692. The van der Waals surface area contributed by atoms with E-state index in [4.69, 9.17) is 16.3 Å². The minimum absolute atomic E-state index is 0.0169. The van der Waals surface area contributed by atoms with Crippen molar-refractivity contribution in [3.63, 3.8) is 0 Å². The number of halogens is 2. The largest absolute Gasteiger partial charge is 0.507 e. The van der Waals surface area contributed by atoms with Crippen LogP contribution in [0.3, 0.4) is 0 Å². The van der Waals surface area contributed by atoms with Crippen LogP contribution in [0.2, 0.25) is 5.02 Å². The summed E-state index contributed by atoms with van der Waals surface area (Å²) in [5, 5.41) is 20.8. The smallest absolute Gasteiger partial charge is 0.302 e. The molecule has 2 aromatic rings. The molecule has 2 rings (SSSR count). The topological polar surface area (TPSA) is 66.8 Å². The maximum Gasteiger partial charge on any atom is 0.302 e. The molecule has 0 amide bonds. The van der Waals surface area contributed by atoms with Gasteiger partial charge in [-0.25, -0.2) is 0 Å². The van der Waals surface area contributed by atoms with Gasteiger partial charge in [-0.2, -0.15) is 0 Å². The van der Waals surface area contributed by atoms with Crippen LogP contribution in [0.5, 0.6) is 5.75 Å². The fourth-order valence-electron chi connectivity index (χ4n) is 2.34. The van der Waals surface area contributed by atoms with Crippen LogP contribution in [0.1, 0.15) is 35.3 Å². The number of aliphatic hydroxyl groups is 1. The van der Waals surface area contributed by atoms with Crippen molar-refractivity contribution in [1.82, 2.24) is 0 Å². The van der Waals surface area contributed by atoms with Crippen LogP contribution in [0.4, 0.5) is 4.39 Å². The molecule has 4 nitrogen and oxygen atoms in total. The number of alkyl halides is 1. The molecule has 0 saturated heterocycles. The third-order valence-corrected chi connectivity index (χ3v) is 3.87. The highest BCUT2D eigenvalue weighted by atomic mass is 35.5. The number of benzene rings is 2. The van der Waals surface area contributed by atoms with Crippen molar-refractivity contribution in [3.8, 4) is 5.75 Å². The van der Waals surface area contributed by atoms with E-state index in [-0.39, 0.29) is 22.9 Å². The van der Waals surface area contributed by atoms with Crippen molar-refractivity contribution in [2.24, 2.45) is 0 Å². The van der Waals surface area contributed by atoms with Gasteiger partial charge in [-0.3, -0.25) is 9.18 Å². The van der Waals surface area contributed by atoms with E-state index in [1.54, 1.807) is 24.3 Å². The number of esters is 1. The molecular formula is C18H18ClFO4. The van der Waals surface area contributed by atoms with Crippen LogP contribution in [0, 0.1) is 0 Å². The zero-order chi connectivity index (χ0) is 17.7. The molecule has 1 atom stereocenters. The fourth-order valence-corrected chi connectivity index (χ4v) is 2.68. The lowest BCUT2D eigenvalue weighted by Crippen LogP contribution is -2.04. The van der Waals surface area contributed by atoms with Gasteiger partial charge in [0.05, 0.1) is 11.7 Å². The highest BCUT2D eigenvalue weighted by Gasteiger charge is 2.19. The van der Waals surface area contributed by atoms with E-state index in [1.165, 1.54) is 19.1 Å². The average molecular weight is 353 g/mol. The quantitative estimate of drug-likeness (QED) is 0.778. The Labute approximate surface area is 144 Å². The molecule has 6 heteroatoms. The normalized spacial score (nSPS) is 12.0. The third-order valence-electron chi connectivity index (χ3n) is 3.56. The molecule has 2 aromatic carbocycles. The lowest BCUT2D eigenvalue weighted by Gasteiger charge is -2.16. The number of carbonyl (C=O) groups is 1. The lowest BCUT2D eigenvalue weighted by atomic mass is 9.98. The lowest BCUT2D eigenvalue weighted by molar-refractivity contribution is -0.142. The molecule has 2 N–H and O–H groups in total. The minimum Gasteiger partial charge on any atom is -0.507 e. The van der Waals surface area contributed by atoms with E-state index in [9.17, 15) is 19.4 Å². The molecule has 0 aliphatic rings. The van der Waals surface area contributed by atoms with Gasteiger partial charge in [0.25, 0.3) is 0 Å². The number of phenolic OH excluding ortho intramolecular Hbond substituents is 1. The Morgan fingerprint density at radius 1 is 1.25 bits per heavy atom. The van der Waals surface area contributed by atoms with E-state index >= 15 is 0 Å². The summed E-state index contributed by atoms with van der Waals surface area (Å²) in [4.78, 5) is 10.8. The van der Waals surface area contributed by atoms with E-state index in [1.807, 2.05) is 0 Å². The standard InChI is InChI=1S/C18H18ClFO4/c1-11(21)24-10-13-8-15(19)17(16(22)9-13)18(23)14-4-2-12(3-5-14)6-7-20/h2-5,8-9,18,22-23H,6-7,10H2,1H3. The number of hydrogen-bond donors (Lipinski definition) is 2.